The quantitative estimate of drug-likeness (QED) is 0.483. The number of aliphatic hydroxyl groups excluding tert-OH is 1. The highest BCUT2D eigenvalue weighted by Crippen LogP contribution is 2.36. The summed E-state index contributed by atoms with van der Waals surface area (Å²) in [6.45, 7) is 2.16. The van der Waals surface area contributed by atoms with E-state index in [4.69, 9.17) is 0 Å². The molecule has 30 heavy (non-hydrogen) atoms. The van der Waals surface area contributed by atoms with Crippen LogP contribution in [0.25, 0.3) is 32.9 Å². The number of aromatic nitrogens is 4. The molecule has 0 aliphatic heterocycles. The summed E-state index contributed by atoms with van der Waals surface area (Å²) in [5, 5.41) is 29.4. The molecule has 1 unspecified atom stereocenters. The monoisotopic (exact) mass is 400 g/mol. The third-order valence-corrected chi connectivity index (χ3v) is 6.25. The molecule has 152 valence electrons. The van der Waals surface area contributed by atoms with Crippen LogP contribution in [-0.2, 0) is 7.05 Å². The molecule has 1 aliphatic carbocycles. The molecule has 0 radical (unpaired) electrons. The molecule has 3 aromatic heterocycles. The molecule has 1 aromatic carbocycles. The van der Waals surface area contributed by atoms with E-state index in [0.29, 0.717) is 11.5 Å². The first kappa shape index (κ1) is 18.6. The minimum atomic E-state index is -0.217. The van der Waals surface area contributed by atoms with Gasteiger partial charge >= 0.3 is 0 Å². The van der Waals surface area contributed by atoms with Gasteiger partial charge in [0.2, 0.25) is 0 Å². The Morgan fingerprint density at radius 2 is 2.13 bits per heavy atom. The molecule has 4 aromatic rings. The summed E-state index contributed by atoms with van der Waals surface area (Å²) in [5.41, 5.74) is 4.41. The third kappa shape index (κ3) is 3.10. The molecule has 3 heterocycles. The zero-order valence-electron chi connectivity index (χ0n) is 17.1. The molecule has 1 saturated carbocycles. The van der Waals surface area contributed by atoms with E-state index in [9.17, 15) is 10.4 Å². The van der Waals surface area contributed by atoms with Crippen LogP contribution in [0.5, 0.6) is 0 Å². The lowest BCUT2D eigenvalue weighted by Crippen LogP contribution is -2.35. The molecule has 1 aliphatic rings. The van der Waals surface area contributed by atoms with E-state index in [0.717, 1.165) is 58.0 Å². The highest BCUT2D eigenvalue weighted by molar-refractivity contribution is 6.14. The Labute approximate surface area is 174 Å². The van der Waals surface area contributed by atoms with Gasteiger partial charge in [-0.05, 0) is 36.8 Å². The fraction of sp³-hybridized carbons (Fsp3) is 0.348. The SMILES string of the molecule is C[C@@H]1C[C@H](O)CCC1Nc1ncc(C#N)c2[nH]c3cc(-c4cnn(C)c4)ccc3c12. The normalized spacial score (nSPS) is 21.7. The van der Waals surface area contributed by atoms with Crippen LogP contribution in [0.3, 0.4) is 0 Å². The number of pyridine rings is 1. The number of rotatable bonds is 3. The largest absolute Gasteiger partial charge is 0.393 e. The lowest BCUT2D eigenvalue weighted by atomic mass is 9.84. The summed E-state index contributed by atoms with van der Waals surface area (Å²) in [4.78, 5) is 8.04. The summed E-state index contributed by atoms with van der Waals surface area (Å²) in [7, 11) is 1.90. The molecule has 3 atom stereocenters. The Balaban J connectivity index is 1.62. The van der Waals surface area contributed by atoms with Gasteiger partial charge in [-0.1, -0.05) is 19.1 Å². The number of hydrogen-bond acceptors (Lipinski definition) is 5. The van der Waals surface area contributed by atoms with Crippen molar-refractivity contribution in [2.45, 2.75) is 38.3 Å². The van der Waals surface area contributed by atoms with Gasteiger partial charge in [0.25, 0.3) is 0 Å². The smallest absolute Gasteiger partial charge is 0.136 e. The van der Waals surface area contributed by atoms with Gasteiger partial charge in [0.15, 0.2) is 0 Å². The maximum absolute atomic E-state index is 9.94. The van der Waals surface area contributed by atoms with Crippen LogP contribution in [0.1, 0.15) is 31.7 Å². The van der Waals surface area contributed by atoms with E-state index >= 15 is 0 Å². The van der Waals surface area contributed by atoms with Gasteiger partial charge in [0.05, 0.1) is 28.8 Å². The number of aryl methyl sites for hydroxylation is 1. The Bertz CT molecular complexity index is 1280. The minimum Gasteiger partial charge on any atom is -0.393 e. The van der Waals surface area contributed by atoms with E-state index in [1.807, 2.05) is 19.4 Å². The molecule has 3 N–H and O–H groups in total. The van der Waals surface area contributed by atoms with Gasteiger partial charge in [0.1, 0.15) is 11.9 Å². The van der Waals surface area contributed by atoms with Crippen LogP contribution in [0, 0.1) is 17.2 Å². The summed E-state index contributed by atoms with van der Waals surface area (Å²) in [6, 6.07) is 8.76. The average Bonchev–Trinajstić information content (AvgIpc) is 3.33. The topological polar surface area (TPSA) is 103 Å². The predicted molar refractivity (Wildman–Crippen MR) is 117 cm³/mol. The molecule has 1 fully saturated rings. The van der Waals surface area contributed by atoms with Crippen molar-refractivity contribution >= 4 is 27.6 Å². The molecule has 0 saturated heterocycles. The second kappa shape index (κ2) is 7.15. The Morgan fingerprint density at radius 3 is 2.87 bits per heavy atom. The number of hydrogen-bond donors (Lipinski definition) is 3. The molecule has 7 nitrogen and oxygen atoms in total. The van der Waals surface area contributed by atoms with E-state index in [1.165, 1.54) is 0 Å². The first-order valence-electron chi connectivity index (χ1n) is 10.3. The van der Waals surface area contributed by atoms with Crippen molar-refractivity contribution in [3.8, 4) is 17.2 Å². The number of fused-ring (bicyclic) bond motifs is 3. The van der Waals surface area contributed by atoms with Crippen molar-refractivity contribution in [2.75, 3.05) is 5.32 Å². The van der Waals surface area contributed by atoms with Crippen LogP contribution < -0.4 is 5.32 Å². The van der Waals surface area contributed by atoms with Gasteiger partial charge in [-0.25, -0.2) is 4.98 Å². The number of nitrogens with zero attached hydrogens (tertiary/aromatic N) is 4. The molecular weight excluding hydrogens is 376 g/mol. The first-order chi connectivity index (χ1) is 14.5. The van der Waals surface area contributed by atoms with Gasteiger partial charge in [-0.3, -0.25) is 4.68 Å². The first-order valence-corrected chi connectivity index (χ1v) is 10.3. The van der Waals surface area contributed by atoms with Crippen molar-refractivity contribution < 1.29 is 5.11 Å². The van der Waals surface area contributed by atoms with Crippen LogP contribution in [0.15, 0.2) is 36.8 Å². The molecular formula is C23H24N6O. The number of nitriles is 1. The number of aromatic amines is 1. The third-order valence-electron chi connectivity index (χ3n) is 6.25. The second-order valence-corrected chi connectivity index (χ2v) is 8.37. The van der Waals surface area contributed by atoms with Crippen molar-refractivity contribution in [1.82, 2.24) is 19.7 Å². The zero-order chi connectivity index (χ0) is 20.8. The number of aliphatic hydroxyl groups is 1. The Kier molecular flexibility index (Phi) is 4.44. The number of nitrogens with one attached hydrogen (secondary N) is 2. The summed E-state index contributed by atoms with van der Waals surface area (Å²) < 4.78 is 1.78. The fourth-order valence-corrected chi connectivity index (χ4v) is 4.61. The zero-order valence-corrected chi connectivity index (χ0v) is 17.1. The second-order valence-electron chi connectivity index (χ2n) is 8.37. The van der Waals surface area contributed by atoms with E-state index < -0.39 is 0 Å². The fourth-order valence-electron chi connectivity index (χ4n) is 4.61. The molecule has 0 bridgehead atoms. The van der Waals surface area contributed by atoms with Crippen LogP contribution in [0.2, 0.25) is 0 Å². The van der Waals surface area contributed by atoms with Gasteiger partial charge in [-0.15, -0.1) is 0 Å². The highest BCUT2D eigenvalue weighted by atomic mass is 16.3. The lowest BCUT2D eigenvalue weighted by molar-refractivity contribution is 0.0999. The highest BCUT2D eigenvalue weighted by Gasteiger charge is 2.27. The van der Waals surface area contributed by atoms with Crippen molar-refractivity contribution in [3.05, 3.63) is 42.4 Å². The van der Waals surface area contributed by atoms with Crippen LogP contribution in [-0.4, -0.2) is 37.0 Å². The van der Waals surface area contributed by atoms with E-state index in [1.54, 1.807) is 10.9 Å². The Hall–Kier alpha value is -3.37. The summed E-state index contributed by atoms with van der Waals surface area (Å²) in [5.74, 6) is 1.14. The average molecular weight is 400 g/mol. The van der Waals surface area contributed by atoms with Gasteiger partial charge in [-0.2, -0.15) is 10.4 Å². The van der Waals surface area contributed by atoms with Crippen LogP contribution in [0.4, 0.5) is 5.82 Å². The summed E-state index contributed by atoms with van der Waals surface area (Å²) >= 11 is 0. The minimum absolute atomic E-state index is 0.217. The maximum atomic E-state index is 9.94. The predicted octanol–water partition coefficient (Wildman–Crippen LogP) is 3.95. The number of benzene rings is 1. The molecule has 0 spiro atoms. The molecule has 0 amide bonds. The number of H-pyrrole nitrogens is 1. The molecule has 5 rings (SSSR count). The maximum Gasteiger partial charge on any atom is 0.136 e. The number of anilines is 1. The Morgan fingerprint density at radius 1 is 1.27 bits per heavy atom. The van der Waals surface area contributed by atoms with Crippen molar-refractivity contribution in [2.24, 2.45) is 13.0 Å². The van der Waals surface area contributed by atoms with Gasteiger partial charge in [0, 0.05) is 41.9 Å². The van der Waals surface area contributed by atoms with Crippen molar-refractivity contribution in [1.29, 1.82) is 5.26 Å². The lowest BCUT2D eigenvalue weighted by Gasteiger charge is -2.32. The standard InChI is InChI=1S/C23H24N6O/c1-13-7-17(30)4-6-19(13)28-23-21-18-5-3-14(16-11-26-29(2)12-16)8-20(18)27-22(21)15(9-24)10-25-23/h3,5,8,10-13,17,19,27,30H,4,6-7H2,1-2H3,(H,25,28)/t13-,17-,19?/m1/s1. The van der Waals surface area contributed by atoms with E-state index in [-0.39, 0.29) is 12.1 Å². The van der Waals surface area contributed by atoms with Crippen LogP contribution >= 0.6 is 0 Å². The van der Waals surface area contributed by atoms with E-state index in [2.05, 4.69) is 51.6 Å². The van der Waals surface area contributed by atoms with Crippen molar-refractivity contribution in [3.63, 3.8) is 0 Å². The molecule has 7 heteroatoms. The van der Waals surface area contributed by atoms with Gasteiger partial charge < -0.3 is 15.4 Å². The summed E-state index contributed by atoms with van der Waals surface area (Å²) in [6.07, 6.45) is 7.73.